The van der Waals surface area contributed by atoms with E-state index in [-0.39, 0.29) is 0 Å². The molecule has 2 aromatic heterocycles. The van der Waals surface area contributed by atoms with Crippen molar-refractivity contribution in [3.63, 3.8) is 0 Å². The predicted molar refractivity (Wildman–Crippen MR) is 61.8 cm³/mol. The van der Waals surface area contributed by atoms with E-state index in [1.165, 1.54) is 0 Å². The maximum absolute atomic E-state index is 10.9. The van der Waals surface area contributed by atoms with Gasteiger partial charge in [-0.15, -0.1) is 0 Å². The highest BCUT2D eigenvalue weighted by Crippen LogP contribution is 2.25. The molecule has 2 aromatic rings. The fourth-order valence-corrected chi connectivity index (χ4v) is 1.89. The van der Waals surface area contributed by atoms with Gasteiger partial charge in [0, 0.05) is 18.9 Å². The molecule has 0 aliphatic heterocycles. The molecule has 0 aliphatic carbocycles. The second kappa shape index (κ2) is 3.79. The van der Waals surface area contributed by atoms with Gasteiger partial charge in [-0.3, -0.25) is 9.78 Å². The number of halogens is 1. The summed E-state index contributed by atoms with van der Waals surface area (Å²) >= 11 is 5.85. The lowest BCUT2D eigenvalue weighted by molar-refractivity contribution is -0.138. The highest BCUT2D eigenvalue weighted by atomic mass is 35.5. The Hall–Kier alpha value is -1.55. The number of hydrogen-bond donors (Lipinski definition) is 1. The summed E-state index contributed by atoms with van der Waals surface area (Å²) in [4.78, 5) is 15.1. The van der Waals surface area contributed by atoms with Gasteiger partial charge in [-0.1, -0.05) is 11.6 Å². The predicted octanol–water partition coefficient (Wildman–Crippen LogP) is 2.41. The first kappa shape index (κ1) is 11.0. The molecule has 1 unspecified atom stereocenters. The molecule has 0 fully saturated rings. The Morgan fingerprint density at radius 2 is 2.25 bits per heavy atom. The fraction of sp³-hybridized carbons (Fsp3) is 0.273. The zero-order valence-electron chi connectivity index (χ0n) is 8.94. The van der Waals surface area contributed by atoms with Crippen LogP contribution >= 0.6 is 11.6 Å². The standard InChI is InChI=1S/C11H11ClN2O2/c1-6(11(15)16)9-4-8-10(14(9)2)3-7(12)5-13-8/h3-6H,1-2H3,(H,15,16). The lowest BCUT2D eigenvalue weighted by atomic mass is 10.1. The average molecular weight is 239 g/mol. The van der Waals surface area contributed by atoms with Crippen molar-refractivity contribution >= 4 is 28.6 Å². The van der Waals surface area contributed by atoms with Gasteiger partial charge in [0.05, 0.1) is 22.0 Å². The minimum Gasteiger partial charge on any atom is -0.481 e. The van der Waals surface area contributed by atoms with Gasteiger partial charge >= 0.3 is 5.97 Å². The number of nitrogens with zero attached hydrogens (tertiary/aromatic N) is 2. The van der Waals surface area contributed by atoms with Crippen LogP contribution in [0.15, 0.2) is 18.3 Å². The third kappa shape index (κ3) is 1.65. The van der Waals surface area contributed by atoms with Gasteiger partial charge in [-0.05, 0) is 19.1 Å². The van der Waals surface area contributed by atoms with Gasteiger partial charge < -0.3 is 9.67 Å². The van der Waals surface area contributed by atoms with Crippen molar-refractivity contribution < 1.29 is 9.90 Å². The van der Waals surface area contributed by atoms with Crippen LogP contribution in [0.2, 0.25) is 5.02 Å². The Labute approximate surface area is 97.5 Å². The molecule has 2 rings (SSSR count). The molecule has 0 aromatic carbocycles. The summed E-state index contributed by atoms with van der Waals surface area (Å²) in [6, 6.07) is 3.56. The van der Waals surface area contributed by atoms with E-state index in [1.807, 2.05) is 11.6 Å². The van der Waals surface area contributed by atoms with Crippen LogP contribution in [0.5, 0.6) is 0 Å². The van der Waals surface area contributed by atoms with Crippen molar-refractivity contribution in [1.82, 2.24) is 9.55 Å². The van der Waals surface area contributed by atoms with Crippen LogP contribution < -0.4 is 0 Å². The number of aromatic nitrogens is 2. The first-order chi connectivity index (χ1) is 7.50. The molecule has 84 valence electrons. The maximum atomic E-state index is 10.9. The van der Waals surface area contributed by atoms with Gasteiger partial charge in [0.15, 0.2) is 0 Å². The average Bonchev–Trinajstić information content (AvgIpc) is 2.55. The molecule has 0 saturated carbocycles. The monoisotopic (exact) mass is 238 g/mol. The van der Waals surface area contributed by atoms with Crippen molar-refractivity contribution in [3.05, 3.63) is 29.0 Å². The van der Waals surface area contributed by atoms with Crippen LogP contribution in [0, 0.1) is 0 Å². The highest BCUT2D eigenvalue weighted by Gasteiger charge is 2.19. The third-order valence-electron chi connectivity index (χ3n) is 2.71. The van der Waals surface area contributed by atoms with Crippen LogP contribution in [0.1, 0.15) is 18.5 Å². The maximum Gasteiger partial charge on any atom is 0.312 e. The number of carboxylic acids is 1. The van der Waals surface area contributed by atoms with Gasteiger partial charge in [0.1, 0.15) is 0 Å². The van der Waals surface area contributed by atoms with Crippen molar-refractivity contribution in [2.45, 2.75) is 12.8 Å². The smallest absolute Gasteiger partial charge is 0.312 e. The van der Waals surface area contributed by atoms with Crippen LogP contribution in [-0.2, 0) is 11.8 Å². The molecule has 0 bridgehead atoms. The lowest BCUT2D eigenvalue weighted by Crippen LogP contribution is -2.11. The number of carboxylic acid groups (broad SMARTS) is 1. The first-order valence-corrected chi connectivity index (χ1v) is 5.22. The topological polar surface area (TPSA) is 55.1 Å². The number of aryl methyl sites for hydroxylation is 1. The van der Waals surface area contributed by atoms with Crippen LogP contribution in [0.3, 0.4) is 0 Å². The number of fused-ring (bicyclic) bond motifs is 1. The number of aliphatic carboxylic acids is 1. The molecule has 16 heavy (non-hydrogen) atoms. The Morgan fingerprint density at radius 3 is 2.88 bits per heavy atom. The molecule has 0 aliphatic rings. The Bertz CT molecular complexity index is 562. The normalized spacial score (nSPS) is 12.9. The Balaban J connectivity index is 2.64. The summed E-state index contributed by atoms with van der Waals surface area (Å²) in [5, 5.41) is 9.52. The van der Waals surface area contributed by atoms with Crippen LogP contribution in [0.25, 0.3) is 11.0 Å². The largest absolute Gasteiger partial charge is 0.481 e. The summed E-state index contributed by atoms with van der Waals surface area (Å²) in [7, 11) is 1.81. The van der Waals surface area contributed by atoms with E-state index >= 15 is 0 Å². The summed E-state index contributed by atoms with van der Waals surface area (Å²) in [6.45, 7) is 1.65. The van der Waals surface area contributed by atoms with E-state index in [9.17, 15) is 4.79 Å². The van der Waals surface area contributed by atoms with E-state index in [0.29, 0.717) is 5.02 Å². The SMILES string of the molecule is CC(C(=O)O)c1cc2ncc(Cl)cc2n1C. The summed E-state index contributed by atoms with van der Waals surface area (Å²) < 4.78 is 1.81. The molecule has 5 heteroatoms. The second-order valence-corrected chi connectivity index (χ2v) is 4.18. The van der Waals surface area contributed by atoms with E-state index in [2.05, 4.69) is 4.98 Å². The van der Waals surface area contributed by atoms with Gasteiger partial charge in [-0.2, -0.15) is 0 Å². The van der Waals surface area contributed by atoms with E-state index in [0.717, 1.165) is 16.7 Å². The molecule has 0 radical (unpaired) electrons. The van der Waals surface area contributed by atoms with Crippen molar-refractivity contribution in [2.24, 2.45) is 7.05 Å². The number of pyridine rings is 1. The number of rotatable bonds is 2. The third-order valence-corrected chi connectivity index (χ3v) is 2.92. The summed E-state index contributed by atoms with van der Waals surface area (Å²) in [5.41, 5.74) is 2.32. The van der Waals surface area contributed by atoms with Gasteiger partial charge in [-0.25, -0.2) is 0 Å². The molecule has 2 heterocycles. The minimum atomic E-state index is -0.850. The molecule has 0 saturated heterocycles. The fourth-order valence-electron chi connectivity index (χ4n) is 1.74. The van der Waals surface area contributed by atoms with E-state index in [1.54, 1.807) is 25.3 Å². The Morgan fingerprint density at radius 1 is 1.56 bits per heavy atom. The van der Waals surface area contributed by atoms with Crippen molar-refractivity contribution in [2.75, 3.05) is 0 Å². The summed E-state index contributed by atoms with van der Waals surface area (Å²) in [6.07, 6.45) is 1.55. The minimum absolute atomic E-state index is 0.545. The molecule has 1 N–H and O–H groups in total. The molecule has 1 atom stereocenters. The van der Waals surface area contributed by atoms with E-state index in [4.69, 9.17) is 16.7 Å². The van der Waals surface area contributed by atoms with E-state index < -0.39 is 11.9 Å². The van der Waals surface area contributed by atoms with Gasteiger partial charge in [0.2, 0.25) is 0 Å². The lowest BCUT2D eigenvalue weighted by Gasteiger charge is -2.07. The zero-order chi connectivity index (χ0) is 11.9. The molecular weight excluding hydrogens is 228 g/mol. The van der Waals surface area contributed by atoms with Crippen LogP contribution in [0.4, 0.5) is 0 Å². The quantitative estimate of drug-likeness (QED) is 0.874. The summed E-state index contributed by atoms with van der Waals surface area (Å²) in [5.74, 6) is -1.41. The first-order valence-electron chi connectivity index (χ1n) is 4.84. The van der Waals surface area contributed by atoms with Crippen molar-refractivity contribution in [1.29, 1.82) is 0 Å². The number of carbonyl (C=O) groups is 1. The van der Waals surface area contributed by atoms with Crippen molar-refractivity contribution in [3.8, 4) is 0 Å². The molecule has 0 amide bonds. The molecule has 0 spiro atoms. The molecular formula is C11H11ClN2O2. The second-order valence-electron chi connectivity index (χ2n) is 3.75. The molecule has 4 nitrogen and oxygen atoms in total. The zero-order valence-corrected chi connectivity index (χ0v) is 9.69. The number of hydrogen-bond acceptors (Lipinski definition) is 2. The highest BCUT2D eigenvalue weighted by molar-refractivity contribution is 6.31. The van der Waals surface area contributed by atoms with Gasteiger partial charge in [0.25, 0.3) is 0 Å². The Kier molecular flexibility index (Phi) is 2.59. The van der Waals surface area contributed by atoms with Crippen LogP contribution in [-0.4, -0.2) is 20.6 Å².